The van der Waals surface area contributed by atoms with Crippen molar-refractivity contribution in [1.82, 2.24) is 0 Å². The first kappa shape index (κ1) is 14.6. The fourth-order valence-electron chi connectivity index (χ4n) is 2.51. The zero-order chi connectivity index (χ0) is 13.8. The lowest BCUT2D eigenvalue weighted by molar-refractivity contribution is 0.0526. The SMILES string of the molecule is CCOC1CCCN(c2ccc(Cl)cc2C(N)=S)C1. The van der Waals surface area contributed by atoms with Crippen molar-refractivity contribution in [2.75, 3.05) is 24.6 Å². The zero-order valence-corrected chi connectivity index (χ0v) is 12.6. The summed E-state index contributed by atoms with van der Waals surface area (Å²) in [5, 5.41) is 0.657. The maximum Gasteiger partial charge on any atom is 0.106 e. The van der Waals surface area contributed by atoms with Gasteiger partial charge in [0.05, 0.1) is 6.10 Å². The van der Waals surface area contributed by atoms with E-state index in [0.29, 0.717) is 10.0 Å². The third kappa shape index (κ3) is 3.59. The predicted molar refractivity (Wildman–Crippen MR) is 84.2 cm³/mol. The van der Waals surface area contributed by atoms with Crippen molar-refractivity contribution in [3.05, 3.63) is 28.8 Å². The van der Waals surface area contributed by atoms with Gasteiger partial charge < -0.3 is 15.4 Å². The van der Waals surface area contributed by atoms with Crippen molar-refractivity contribution in [2.45, 2.75) is 25.9 Å². The standard InChI is InChI=1S/C14H19ClN2OS/c1-2-18-11-4-3-7-17(9-11)13-6-5-10(15)8-12(13)14(16)19/h5-6,8,11H,2-4,7,9H2,1H3,(H2,16,19). The molecule has 0 spiro atoms. The minimum absolute atomic E-state index is 0.286. The molecule has 1 unspecified atom stereocenters. The van der Waals surface area contributed by atoms with Gasteiger partial charge in [0.1, 0.15) is 4.99 Å². The average molecular weight is 299 g/mol. The summed E-state index contributed by atoms with van der Waals surface area (Å²) in [6, 6.07) is 5.71. The first-order valence-corrected chi connectivity index (χ1v) is 7.36. The Balaban J connectivity index is 2.23. The van der Waals surface area contributed by atoms with E-state index >= 15 is 0 Å². The number of hydrogen-bond acceptors (Lipinski definition) is 3. The minimum Gasteiger partial charge on any atom is -0.389 e. The van der Waals surface area contributed by atoms with Crippen LogP contribution in [-0.2, 0) is 4.74 Å². The number of anilines is 1. The zero-order valence-electron chi connectivity index (χ0n) is 11.1. The van der Waals surface area contributed by atoms with Gasteiger partial charge in [0, 0.05) is 36.0 Å². The number of ether oxygens (including phenoxy) is 1. The second-order valence-electron chi connectivity index (χ2n) is 4.69. The predicted octanol–water partition coefficient (Wildman–Crippen LogP) is 2.98. The van der Waals surface area contributed by atoms with E-state index in [1.165, 1.54) is 0 Å². The third-order valence-corrected chi connectivity index (χ3v) is 3.80. The van der Waals surface area contributed by atoms with Crippen molar-refractivity contribution in [3.63, 3.8) is 0 Å². The quantitative estimate of drug-likeness (QED) is 0.867. The number of benzene rings is 1. The summed E-state index contributed by atoms with van der Waals surface area (Å²) in [5.41, 5.74) is 7.70. The lowest BCUT2D eigenvalue weighted by atomic mass is 10.0. The topological polar surface area (TPSA) is 38.5 Å². The monoisotopic (exact) mass is 298 g/mol. The van der Waals surface area contributed by atoms with Gasteiger partial charge in [-0.25, -0.2) is 0 Å². The van der Waals surface area contributed by atoms with E-state index in [4.69, 9.17) is 34.3 Å². The van der Waals surface area contributed by atoms with E-state index in [1.807, 2.05) is 25.1 Å². The summed E-state index contributed by atoms with van der Waals surface area (Å²) in [6.07, 6.45) is 2.51. The summed E-state index contributed by atoms with van der Waals surface area (Å²) >= 11 is 11.1. The van der Waals surface area contributed by atoms with E-state index in [1.54, 1.807) is 0 Å². The maximum absolute atomic E-state index is 6.02. The molecule has 0 bridgehead atoms. The number of halogens is 1. The highest BCUT2D eigenvalue weighted by atomic mass is 35.5. The van der Waals surface area contributed by atoms with Crippen molar-refractivity contribution < 1.29 is 4.74 Å². The van der Waals surface area contributed by atoms with Gasteiger partial charge >= 0.3 is 0 Å². The summed E-state index contributed by atoms with van der Waals surface area (Å²) in [4.78, 5) is 2.67. The van der Waals surface area contributed by atoms with Crippen LogP contribution < -0.4 is 10.6 Å². The van der Waals surface area contributed by atoms with Crippen molar-refractivity contribution in [2.24, 2.45) is 5.73 Å². The maximum atomic E-state index is 6.02. The molecule has 1 atom stereocenters. The number of nitrogens with zero attached hydrogens (tertiary/aromatic N) is 1. The smallest absolute Gasteiger partial charge is 0.106 e. The molecule has 0 aromatic heterocycles. The van der Waals surface area contributed by atoms with Gasteiger partial charge in [-0.3, -0.25) is 0 Å². The van der Waals surface area contributed by atoms with Crippen LogP contribution in [0, 0.1) is 0 Å². The lowest BCUT2D eigenvalue weighted by Gasteiger charge is -2.35. The largest absolute Gasteiger partial charge is 0.389 e. The van der Waals surface area contributed by atoms with Gasteiger partial charge in [-0.2, -0.15) is 0 Å². The molecular weight excluding hydrogens is 280 g/mol. The number of rotatable bonds is 4. The highest BCUT2D eigenvalue weighted by molar-refractivity contribution is 7.80. The summed E-state index contributed by atoms with van der Waals surface area (Å²) in [7, 11) is 0. The van der Waals surface area contributed by atoms with Crippen LogP contribution in [0.5, 0.6) is 0 Å². The van der Waals surface area contributed by atoms with Gasteiger partial charge in [0.2, 0.25) is 0 Å². The van der Waals surface area contributed by atoms with Gasteiger partial charge in [-0.1, -0.05) is 23.8 Å². The van der Waals surface area contributed by atoms with E-state index in [0.717, 1.165) is 43.8 Å². The molecule has 1 aliphatic heterocycles. The normalized spacial score (nSPS) is 19.5. The van der Waals surface area contributed by atoms with Crippen LogP contribution in [0.1, 0.15) is 25.3 Å². The van der Waals surface area contributed by atoms with Crippen LogP contribution in [-0.4, -0.2) is 30.8 Å². The number of hydrogen-bond donors (Lipinski definition) is 1. The highest BCUT2D eigenvalue weighted by Crippen LogP contribution is 2.27. The van der Waals surface area contributed by atoms with Crippen LogP contribution in [0.15, 0.2) is 18.2 Å². The molecule has 2 N–H and O–H groups in total. The fraction of sp³-hybridized carbons (Fsp3) is 0.500. The summed E-state index contributed by atoms with van der Waals surface area (Å²) in [6.45, 7) is 4.66. The molecule has 0 amide bonds. The van der Waals surface area contributed by atoms with Gasteiger partial charge in [0.25, 0.3) is 0 Å². The fourth-order valence-corrected chi connectivity index (χ4v) is 2.85. The molecule has 1 fully saturated rings. The van der Waals surface area contributed by atoms with Crippen LogP contribution in [0.2, 0.25) is 5.02 Å². The Hall–Kier alpha value is -0.840. The van der Waals surface area contributed by atoms with E-state index in [9.17, 15) is 0 Å². The Morgan fingerprint density at radius 1 is 1.58 bits per heavy atom. The first-order valence-electron chi connectivity index (χ1n) is 6.57. The molecule has 2 rings (SSSR count). The number of nitrogens with two attached hydrogens (primary N) is 1. The molecule has 104 valence electrons. The molecule has 0 aliphatic carbocycles. The molecule has 1 aliphatic rings. The Bertz CT molecular complexity index is 465. The van der Waals surface area contributed by atoms with E-state index in [-0.39, 0.29) is 6.10 Å². The summed E-state index contributed by atoms with van der Waals surface area (Å²) in [5.74, 6) is 0. The molecule has 1 aromatic rings. The van der Waals surface area contributed by atoms with Crippen LogP contribution in [0.3, 0.4) is 0 Å². The lowest BCUT2D eigenvalue weighted by Crippen LogP contribution is -2.40. The second kappa shape index (κ2) is 6.55. The molecule has 1 heterocycles. The molecule has 0 radical (unpaired) electrons. The molecule has 5 heteroatoms. The van der Waals surface area contributed by atoms with Crippen molar-refractivity contribution in [1.29, 1.82) is 0 Å². The Labute approximate surface area is 124 Å². The van der Waals surface area contributed by atoms with E-state index in [2.05, 4.69) is 4.90 Å². The number of thiocarbonyl (C=S) groups is 1. The van der Waals surface area contributed by atoms with Crippen LogP contribution in [0.4, 0.5) is 5.69 Å². The number of piperidine rings is 1. The first-order chi connectivity index (χ1) is 9.11. The highest BCUT2D eigenvalue weighted by Gasteiger charge is 2.22. The molecule has 0 saturated carbocycles. The molecule has 3 nitrogen and oxygen atoms in total. The van der Waals surface area contributed by atoms with Crippen LogP contribution >= 0.6 is 23.8 Å². The second-order valence-corrected chi connectivity index (χ2v) is 5.57. The Morgan fingerprint density at radius 3 is 3.05 bits per heavy atom. The van der Waals surface area contributed by atoms with E-state index < -0.39 is 0 Å². The van der Waals surface area contributed by atoms with Gasteiger partial charge in [-0.15, -0.1) is 0 Å². The van der Waals surface area contributed by atoms with Crippen molar-refractivity contribution >= 4 is 34.5 Å². The molecule has 19 heavy (non-hydrogen) atoms. The Kier molecular flexibility index (Phi) is 5.02. The van der Waals surface area contributed by atoms with Crippen LogP contribution in [0.25, 0.3) is 0 Å². The van der Waals surface area contributed by atoms with Gasteiger partial charge in [0.15, 0.2) is 0 Å². The molecule has 1 saturated heterocycles. The summed E-state index contributed by atoms with van der Waals surface area (Å²) < 4.78 is 5.73. The third-order valence-electron chi connectivity index (χ3n) is 3.35. The molecular formula is C14H19ClN2OS. The average Bonchev–Trinajstić information content (AvgIpc) is 2.39. The molecule has 1 aromatic carbocycles. The van der Waals surface area contributed by atoms with Crippen molar-refractivity contribution in [3.8, 4) is 0 Å². The van der Waals surface area contributed by atoms with Gasteiger partial charge in [-0.05, 0) is 38.0 Å². The minimum atomic E-state index is 0.286. The Morgan fingerprint density at radius 2 is 2.37 bits per heavy atom.